The highest BCUT2D eigenvalue weighted by Crippen LogP contribution is 2.35. The molecule has 0 aliphatic heterocycles. The smallest absolute Gasteiger partial charge is 0.190 e. The summed E-state index contributed by atoms with van der Waals surface area (Å²) in [5.74, 6) is 1.30. The number of nitrogens with zero attached hydrogens (tertiary/aromatic N) is 4. The average Bonchev–Trinajstić information content (AvgIpc) is 2.90. The molecule has 0 unspecified atom stereocenters. The fourth-order valence-electron chi connectivity index (χ4n) is 2.25. The summed E-state index contributed by atoms with van der Waals surface area (Å²) in [5, 5.41) is 10.5. The summed E-state index contributed by atoms with van der Waals surface area (Å²) in [4.78, 5) is 8.41. The Bertz CT molecular complexity index is 476. The van der Waals surface area contributed by atoms with E-state index in [4.69, 9.17) is 0 Å². The van der Waals surface area contributed by atoms with Crippen molar-refractivity contribution in [3.05, 3.63) is 23.5 Å². The lowest BCUT2D eigenvalue weighted by molar-refractivity contribution is 0.440. The zero-order valence-corrected chi connectivity index (χ0v) is 10.4. The van der Waals surface area contributed by atoms with Gasteiger partial charge >= 0.3 is 0 Å². The van der Waals surface area contributed by atoms with Gasteiger partial charge in [0.1, 0.15) is 5.01 Å². The molecule has 3 rings (SSSR count). The van der Waals surface area contributed by atoms with Gasteiger partial charge in [-0.15, -0.1) is 10.2 Å². The molecule has 0 bridgehead atoms. The molecule has 1 fully saturated rings. The molecule has 2 aromatic rings. The lowest BCUT2D eigenvalue weighted by atomic mass is 9.90. The SMILES string of the molecule is c1cnc(-c2nnc(C3CCCCC3)s2)nc1. The average molecular weight is 246 g/mol. The van der Waals surface area contributed by atoms with Crippen LogP contribution in [0.3, 0.4) is 0 Å². The van der Waals surface area contributed by atoms with Crippen LogP contribution in [0, 0.1) is 0 Å². The monoisotopic (exact) mass is 246 g/mol. The van der Waals surface area contributed by atoms with Gasteiger partial charge in [0, 0.05) is 18.3 Å². The highest BCUT2D eigenvalue weighted by molar-refractivity contribution is 7.14. The zero-order valence-electron chi connectivity index (χ0n) is 9.54. The number of rotatable bonds is 2. The van der Waals surface area contributed by atoms with E-state index in [-0.39, 0.29) is 0 Å². The summed E-state index contributed by atoms with van der Waals surface area (Å²) in [5.41, 5.74) is 0. The maximum atomic E-state index is 4.30. The number of hydrogen-bond donors (Lipinski definition) is 0. The van der Waals surface area contributed by atoms with Crippen molar-refractivity contribution >= 4 is 11.3 Å². The molecule has 0 saturated heterocycles. The van der Waals surface area contributed by atoms with Crippen molar-refractivity contribution in [3.63, 3.8) is 0 Å². The van der Waals surface area contributed by atoms with Crippen LogP contribution >= 0.6 is 11.3 Å². The van der Waals surface area contributed by atoms with Gasteiger partial charge in [-0.1, -0.05) is 30.6 Å². The highest BCUT2D eigenvalue weighted by Gasteiger charge is 2.20. The minimum atomic E-state index is 0.610. The predicted octanol–water partition coefficient (Wildman–Crippen LogP) is 3.04. The maximum Gasteiger partial charge on any atom is 0.190 e. The molecular formula is C12H14N4S. The maximum absolute atomic E-state index is 4.30. The lowest BCUT2D eigenvalue weighted by Crippen LogP contribution is -2.03. The summed E-state index contributed by atoms with van der Waals surface area (Å²) in [6.45, 7) is 0. The largest absolute Gasteiger partial charge is 0.234 e. The van der Waals surface area contributed by atoms with Crippen LogP contribution < -0.4 is 0 Å². The summed E-state index contributed by atoms with van der Waals surface area (Å²) in [6, 6.07) is 1.81. The van der Waals surface area contributed by atoms with E-state index in [1.54, 1.807) is 23.7 Å². The Morgan fingerprint density at radius 3 is 2.53 bits per heavy atom. The predicted molar refractivity (Wildman–Crippen MR) is 66.8 cm³/mol. The zero-order chi connectivity index (χ0) is 11.5. The Kier molecular flexibility index (Phi) is 3.09. The molecule has 2 aromatic heterocycles. The molecule has 0 N–H and O–H groups in total. The Hall–Kier alpha value is -1.36. The van der Waals surface area contributed by atoms with Crippen LogP contribution in [0.25, 0.3) is 10.8 Å². The van der Waals surface area contributed by atoms with Crippen molar-refractivity contribution in [2.45, 2.75) is 38.0 Å². The van der Waals surface area contributed by atoms with E-state index in [9.17, 15) is 0 Å². The molecule has 17 heavy (non-hydrogen) atoms. The Balaban J connectivity index is 1.83. The van der Waals surface area contributed by atoms with Crippen molar-refractivity contribution in [2.24, 2.45) is 0 Å². The van der Waals surface area contributed by atoms with Gasteiger partial charge < -0.3 is 0 Å². The van der Waals surface area contributed by atoms with Crippen LogP contribution in [-0.4, -0.2) is 20.2 Å². The summed E-state index contributed by atoms with van der Waals surface area (Å²) >= 11 is 1.65. The van der Waals surface area contributed by atoms with Crippen LogP contribution in [-0.2, 0) is 0 Å². The van der Waals surface area contributed by atoms with E-state index in [1.807, 2.05) is 6.07 Å². The first kappa shape index (κ1) is 10.8. The van der Waals surface area contributed by atoms with Crippen molar-refractivity contribution in [1.29, 1.82) is 0 Å². The highest BCUT2D eigenvalue weighted by atomic mass is 32.1. The standard InChI is InChI=1S/C12H14N4S/c1-2-5-9(6-3-1)11-15-16-12(17-11)10-13-7-4-8-14-10/h4,7-9H,1-3,5-6H2. The molecule has 88 valence electrons. The molecular weight excluding hydrogens is 232 g/mol. The van der Waals surface area contributed by atoms with Crippen LogP contribution in [0.5, 0.6) is 0 Å². The van der Waals surface area contributed by atoms with E-state index >= 15 is 0 Å². The number of hydrogen-bond acceptors (Lipinski definition) is 5. The second-order valence-corrected chi connectivity index (χ2v) is 5.36. The summed E-state index contributed by atoms with van der Waals surface area (Å²) < 4.78 is 0. The molecule has 0 radical (unpaired) electrons. The van der Waals surface area contributed by atoms with Gasteiger partial charge in [-0.05, 0) is 18.9 Å². The topological polar surface area (TPSA) is 51.6 Å². The molecule has 0 spiro atoms. The third kappa shape index (κ3) is 2.34. The first-order chi connectivity index (χ1) is 8.43. The van der Waals surface area contributed by atoms with Crippen LogP contribution in [0.15, 0.2) is 18.5 Å². The van der Waals surface area contributed by atoms with E-state index in [2.05, 4.69) is 20.2 Å². The van der Waals surface area contributed by atoms with Gasteiger partial charge in [0.05, 0.1) is 0 Å². The third-order valence-corrected chi connectivity index (χ3v) is 4.23. The molecule has 2 heterocycles. The molecule has 0 amide bonds. The Morgan fingerprint density at radius 1 is 1.00 bits per heavy atom. The van der Waals surface area contributed by atoms with Gasteiger partial charge in [-0.3, -0.25) is 0 Å². The van der Waals surface area contributed by atoms with Crippen molar-refractivity contribution in [3.8, 4) is 10.8 Å². The molecule has 1 aliphatic carbocycles. The molecule has 0 atom stereocenters. The first-order valence-electron chi connectivity index (χ1n) is 6.04. The third-order valence-electron chi connectivity index (χ3n) is 3.15. The molecule has 0 aromatic carbocycles. The minimum absolute atomic E-state index is 0.610. The summed E-state index contributed by atoms with van der Waals surface area (Å²) in [7, 11) is 0. The fraction of sp³-hybridized carbons (Fsp3) is 0.500. The Morgan fingerprint density at radius 2 is 1.76 bits per heavy atom. The quantitative estimate of drug-likeness (QED) is 0.817. The van der Waals surface area contributed by atoms with Gasteiger partial charge in [0.15, 0.2) is 10.8 Å². The van der Waals surface area contributed by atoms with Gasteiger partial charge in [0.2, 0.25) is 0 Å². The van der Waals surface area contributed by atoms with E-state index in [1.165, 1.54) is 32.1 Å². The minimum Gasteiger partial charge on any atom is -0.234 e. The van der Waals surface area contributed by atoms with E-state index < -0.39 is 0 Å². The van der Waals surface area contributed by atoms with Gasteiger partial charge in [0.25, 0.3) is 0 Å². The van der Waals surface area contributed by atoms with Crippen LogP contribution in [0.4, 0.5) is 0 Å². The van der Waals surface area contributed by atoms with Gasteiger partial charge in [-0.2, -0.15) is 0 Å². The normalized spacial score (nSPS) is 17.2. The lowest BCUT2D eigenvalue weighted by Gasteiger charge is -2.18. The van der Waals surface area contributed by atoms with Crippen LogP contribution in [0.2, 0.25) is 0 Å². The summed E-state index contributed by atoms with van der Waals surface area (Å²) in [6.07, 6.45) is 10.00. The first-order valence-corrected chi connectivity index (χ1v) is 6.86. The van der Waals surface area contributed by atoms with Gasteiger partial charge in [-0.25, -0.2) is 9.97 Å². The second-order valence-electron chi connectivity index (χ2n) is 4.35. The van der Waals surface area contributed by atoms with Crippen LogP contribution in [0.1, 0.15) is 43.0 Å². The van der Waals surface area contributed by atoms with Crippen molar-refractivity contribution in [2.75, 3.05) is 0 Å². The molecule has 5 heteroatoms. The fourth-order valence-corrected chi connectivity index (χ4v) is 3.21. The van der Waals surface area contributed by atoms with Crippen molar-refractivity contribution in [1.82, 2.24) is 20.2 Å². The number of aromatic nitrogens is 4. The second kappa shape index (κ2) is 4.87. The molecule has 4 nitrogen and oxygen atoms in total. The van der Waals surface area contributed by atoms with E-state index in [0.717, 1.165) is 10.0 Å². The Labute approximate surface area is 104 Å². The van der Waals surface area contributed by atoms with Crippen molar-refractivity contribution < 1.29 is 0 Å². The molecule has 1 saturated carbocycles. The molecule has 1 aliphatic rings. The van der Waals surface area contributed by atoms with E-state index in [0.29, 0.717) is 11.7 Å².